The minimum atomic E-state index is -5.08. The quantitative estimate of drug-likeness (QED) is 0.364. The van der Waals surface area contributed by atoms with Gasteiger partial charge in [-0.05, 0) is 54.9 Å². The van der Waals surface area contributed by atoms with Crippen molar-refractivity contribution >= 4 is 47.0 Å². The average molecular weight is 640 g/mol. The van der Waals surface area contributed by atoms with Crippen molar-refractivity contribution in [2.24, 2.45) is 0 Å². The molecule has 2 saturated heterocycles. The van der Waals surface area contributed by atoms with E-state index in [-0.39, 0.29) is 30.9 Å². The number of aliphatic carboxylic acids is 1. The maximum Gasteiger partial charge on any atom is 0.490 e. The number of amides is 5. The van der Waals surface area contributed by atoms with Crippen LogP contribution in [0.5, 0.6) is 0 Å². The van der Waals surface area contributed by atoms with E-state index in [9.17, 15) is 32.3 Å². The molecule has 3 unspecified atom stereocenters. The van der Waals surface area contributed by atoms with Crippen LogP contribution in [0.15, 0.2) is 42.5 Å². The highest BCUT2D eigenvalue weighted by Crippen LogP contribution is 2.30. The number of fused-ring (bicyclic) bond motifs is 1. The number of imide groups is 1. The SMILES string of the molecule is CN1CCOC(C(NC(=O)Nc2ccc3c(c2)CN(C2CCC(=O)NC2=O)C3=O)c2ccc(Cl)cc2)C1.O=C(O)C(F)(F)F. The molecule has 2 aromatic carbocycles. The highest BCUT2D eigenvalue weighted by Gasteiger charge is 2.39. The molecule has 0 radical (unpaired) electrons. The standard InChI is InChI=1S/C26H28ClN5O5.C2HF3O2/c1-31-10-11-37-21(14-31)23(15-2-4-17(27)5-3-15)30-26(36)28-18-6-7-19-16(12-18)13-32(25(19)35)20-8-9-22(33)29-24(20)34;3-2(4,5)1(6)7/h2-7,12,20-21,23H,8-11,13-14H2,1H3,(H2,28,30,36)(H,29,33,34);(H,6,7). The van der Waals surface area contributed by atoms with Crippen LogP contribution < -0.4 is 16.0 Å². The molecule has 0 aliphatic carbocycles. The number of urea groups is 1. The third-order valence-corrected chi connectivity index (χ3v) is 7.46. The predicted molar refractivity (Wildman–Crippen MR) is 150 cm³/mol. The number of carboxylic acids is 1. The summed E-state index contributed by atoms with van der Waals surface area (Å²) < 4.78 is 37.7. The Labute approximate surface area is 254 Å². The minimum absolute atomic E-state index is 0.193. The lowest BCUT2D eigenvalue weighted by atomic mass is 10.00. The molecule has 12 nitrogen and oxygen atoms in total. The number of alkyl halides is 3. The molecular formula is C28H29ClF3N5O7. The van der Waals surface area contributed by atoms with E-state index in [1.807, 2.05) is 19.2 Å². The van der Waals surface area contributed by atoms with Gasteiger partial charge in [-0.2, -0.15) is 13.2 Å². The number of likely N-dealkylation sites (N-methyl/N-ethyl adjacent to an activating group) is 1. The number of hydrogen-bond donors (Lipinski definition) is 4. The summed E-state index contributed by atoms with van der Waals surface area (Å²) in [6.07, 6.45) is -4.84. The number of halogens is 4. The van der Waals surface area contributed by atoms with Gasteiger partial charge in [-0.15, -0.1) is 0 Å². The van der Waals surface area contributed by atoms with Gasteiger partial charge in [-0.25, -0.2) is 9.59 Å². The van der Waals surface area contributed by atoms with Gasteiger partial charge in [0.1, 0.15) is 6.04 Å². The highest BCUT2D eigenvalue weighted by molar-refractivity contribution is 6.30. The molecule has 5 amide bonds. The molecule has 5 rings (SSSR count). The number of ether oxygens (including phenoxy) is 1. The minimum Gasteiger partial charge on any atom is -0.475 e. The summed E-state index contributed by atoms with van der Waals surface area (Å²) in [6, 6.07) is 10.8. The number of carbonyl (C=O) groups excluding carboxylic acids is 4. The Kier molecular flexibility index (Phi) is 10.1. The lowest BCUT2D eigenvalue weighted by Crippen LogP contribution is -2.52. The third kappa shape index (κ3) is 8.03. The third-order valence-electron chi connectivity index (χ3n) is 7.21. The summed E-state index contributed by atoms with van der Waals surface area (Å²) in [4.78, 5) is 62.3. The lowest BCUT2D eigenvalue weighted by molar-refractivity contribution is -0.192. The van der Waals surface area contributed by atoms with Crippen molar-refractivity contribution in [2.45, 2.75) is 43.8 Å². The zero-order chi connectivity index (χ0) is 32.2. The molecule has 16 heteroatoms. The van der Waals surface area contributed by atoms with E-state index in [0.717, 1.165) is 12.1 Å². The van der Waals surface area contributed by atoms with Gasteiger partial charge in [0, 0.05) is 42.3 Å². The highest BCUT2D eigenvalue weighted by atomic mass is 35.5. The van der Waals surface area contributed by atoms with Crippen LogP contribution in [0.4, 0.5) is 23.7 Å². The zero-order valence-corrected chi connectivity index (χ0v) is 24.1. The van der Waals surface area contributed by atoms with Crippen LogP contribution in [0, 0.1) is 0 Å². The summed E-state index contributed by atoms with van der Waals surface area (Å²) in [5.74, 6) is -3.81. The Morgan fingerprint density at radius 3 is 2.43 bits per heavy atom. The van der Waals surface area contributed by atoms with Gasteiger partial charge in [0.05, 0.1) is 18.8 Å². The Bertz CT molecular complexity index is 1440. The molecule has 3 heterocycles. The van der Waals surface area contributed by atoms with E-state index in [0.29, 0.717) is 41.4 Å². The predicted octanol–water partition coefficient (Wildman–Crippen LogP) is 2.93. The van der Waals surface area contributed by atoms with Crippen molar-refractivity contribution < 1.29 is 47.0 Å². The molecule has 2 aromatic rings. The summed E-state index contributed by atoms with van der Waals surface area (Å²) in [5, 5.41) is 15.9. The van der Waals surface area contributed by atoms with E-state index >= 15 is 0 Å². The average Bonchev–Trinajstić information content (AvgIpc) is 3.27. The fourth-order valence-corrected chi connectivity index (χ4v) is 5.16. The number of morpholine rings is 1. The maximum absolute atomic E-state index is 13.1. The number of carboxylic acid groups (broad SMARTS) is 1. The molecule has 44 heavy (non-hydrogen) atoms. The lowest BCUT2D eigenvalue weighted by Gasteiger charge is -2.35. The van der Waals surface area contributed by atoms with Crippen LogP contribution in [-0.4, -0.2) is 89.7 Å². The van der Waals surface area contributed by atoms with E-state index in [2.05, 4.69) is 20.9 Å². The van der Waals surface area contributed by atoms with E-state index in [1.54, 1.807) is 30.3 Å². The first-order valence-electron chi connectivity index (χ1n) is 13.4. The van der Waals surface area contributed by atoms with Gasteiger partial charge in [0.15, 0.2) is 0 Å². The number of nitrogens with one attached hydrogen (secondary N) is 3. The molecule has 4 N–H and O–H groups in total. The normalized spacial score (nSPS) is 21.0. The van der Waals surface area contributed by atoms with Crippen molar-refractivity contribution in [3.8, 4) is 0 Å². The molecule has 0 saturated carbocycles. The number of rotatable bonds is 5. The molecule has 0 spiro atoms. The van der Waals surface area contributed by atoms with Crippen molar-refractivity contribution in [1.29, 1.82) is 0 Å². The number of hydrogen-bond acceptors (Lipinski definition) is 7. The second-order valence-corrected chi connectivity index (χ2v) is 10.8. The van der Waals surface area contributed by atoms with Crippen LogP contribution in [0.3, 0.4) is 0 Å². The Hall–Kier alpha value is -4.21. The van der Waals surface area contributed by atoms with Crippen molar-refractivity contribution in [2.75, 3.05) is 32.1 Å². The largest absolute Gasteiger partial charge is 0.490 e. The van der Waals surface area contributed by atoms with Crippen LogP contribution >= 0.6 is 11.6 Å². The van der Waals surface area contributed by atoms with Crippen molar-refractivity contribution in [3.63, 3.8) is 0 Å². The number of piperidine rings is 1. The van der Waals surface area contributed by atoms with E-state index in [1.165, 1.54) is 4.90 Å². The maximum atomic E-state index is 13.1. The zero-order valence-electron chi connectivity index (χ0n) is 23.3. The van der Waals surface area contributed by atoms with Crippen LogP contribution in [-0.2, 0) is 25.7 Å². The Balaban J connectivity index is 0.000000566. The number of anilines is 1. The number of benzene rings is 2. The molecule has 2 fully saturated rings. The first-order valence-corrected chi connectivity index (χ1v) is 13.8. The fraction of sp³-hybridized carbons (Fsp3) is 0.393. The summed E-state index contributed by atoms with van der Waals surface area (Å²) in [6.45, 7) is 2.27. The second kappa shape index (κ2) is 13.6. The first-order chi connectivity index (χ1) is 20.7. The summed E-state index contributed by atoms with van der Waals surface area (Å²) in [5.41, 5.74) is 2.58. The van der Waals surface area contributed by atoms with E-state index in [4.69, 9.17) is 26.2 Å². The Morgan fingerprint density at radius 2 is 1.82 bits per heavy atom. The molecular weight excluding hydrogens is 611 g/mol. The van der Waals surface area contributed by atoms with Gasteiger partial charge < -0.3 is 30.3 Å². The fourth-order valence-electron chi connectivity index (χ4n) is 5.03. The molecule has 0 aromatic heterocycles. The molecule has 236 valence electrons. The number of carbonyl (C=O) groups is 5. The van der Waals surface area contributed by atoms with Gasteiger partial charge in [-0.3, -0.25) is 19.7 Å². The van der Waals surface area contributed by atoms with Crippen molar-refractivity contribution in [1.82, 2.24) is 20.4 Å². The van der Waals surface area contributed by atoms with Gasteiger partial charge >= 0.3 is 18.2 Å². The summed E-state index contributed by atoms with van der Waals surface area (Å²) >= 11 is 6.07. The number of nitrogens with zero attached hydrogens (tertiary/aromatic N) is 2. The van der Waals surface area contributed by atoms with Crippen LogP contribution in [0.25, 0.3) is 0 Å². The summed E-state index contributed by atoms with van der Waals surface area (Å²) in [7, 11) is 2.01. The van der Waals surface area contributed by atoms with Gasteiger partial charge in [0.2, 0.25) is 11.8 Å². The molecule has 3 atom stereocenters. The second-order valence-electron chi connectivity index (χ2n) is 10.4. The van der Waals surface area contributed by atoms with Crippen LogP contribution in [0.2, 0.25) is 5.02 Å². The first kappa shape index (κ1) is 32.7. The monoisotopic (exact) mass is 639 g/mol. The van der Waals surface area contributed by atoms with E-state index < -0.39 is 36.2 Å². The molecule has 3 aliphatic rings. The van der Waals surface area contributed by atoms with Crippen LogP contribution in [0.1, 0.15) is 40.4 Å². The molecule has 3 aliphatic heterocycles. The van der Waals surface area contributed by atoms with Crippen molar-refractivity contribution in [3.05, 3.63) is 64.2 Å². The molecule has 0 bridgehead atoms. The Morgan fingerprint density at radius 1 is 1.14 bits per heavy atom. The van der Waals surface area contributed by atoms with Gasteiger partial charge in [0.25, 0.3) is 5.91 Å². The smallest absolute Gasteiger partial charge is 0.475 e. The topological polar surface area (TPSA) is 157 Å². The van der Waals surface area contributed by atoms with Gasteiger partial charge in [-0.1, -0.05) is 23.7 Å².